The van der Waals surface area contributed by atoms with Gasteiger partial charge in [0.25, 0.3) is 26.1 Å². The van der Waals surface area contributed by atoms with Crippen LogP contribution in [0.3, 0.4) is 0 Å². The minimum absolute atomic E-state index is 0.0915. The molecule has 4 aromatic rings. The molecule has 0 heterocycles. The zero-order valence-electron chi connectivity index (χ0n) is 22.8. The SMILES string of the molecule is Nc1ccc(C(=O)Nc2ccc3c(c2)C=C(S(=O)(=O)O)/C(=N/Nc2ccc(N=Nc4ccc(S(=O)(=O)O)cc4)cc2)C3=O)cc1. The number of carbonyl (C=O) groups excluding carboxylic acids is 2. The van der Waals surface area contributed by atoms with Crippen molar-refractivity contribution in [1.82, 2.24) is 0 Å². The summed E-state index contributed by atoms with van der Waals surface area (Å²) < 4.78 is 65.7. The highest BCUT2D eigenvalue weighted by Crippen LogP contribution is 2.29. The molecule has 0 fully saturated rings. The van der Waals surface area contributed by atoms with Crippen LogP contribution >= 0.6 is 0 Å². The summed E-state index contributed by atoms with van der Waals surface area (Å²) in [7, 11) is -9.22. The van der Waals surface area contributed by atoms with E-state index in [1.54, 1.807) is 12.1 Å². The van der Waals surface area contributed by atoms with Crippen LogP contribution in [0.5, 0.6) is 0 Å². The Labute approximate surface area is 256 Å². The zero-order valence-corrected chi connectivity index (χ0v) is 24.5. The third-order valence-corrected chi connectivity index (χ3v) is 8.05. The van der Waals surface area contributed by atoms with E-state index >= 15 is 0 Å². The number of nitrogen functional groups attached to an aromatic ring is 1. The summed E-state index contributed by atoms with van der Waals surface area (Å²) >= 11 is 0. The van der Waals surface area contributed by atoms with Crippen molar-refractivity contribution in [3.63, 3.8) is 0 Å². The van der Waals surface area contributed by atoms with Gasteiger partial charge in [-0.1, -0.05) is 0 Å². The molecule has 0 saturated heterocycles. The van der Waals surface area contributed by atoms with Gasteiger partial charge in [0.1, 0.15) is 4.91 Å². The number of hydrogen-bond acceptors (Lipinski definition) is 11. The average Bonchev–Trinajstić information content (AvgIpc) is 2.99. The molecule has 0 saturated carbocycles. The van der Waals surface area contributed by atoms with Crippen LogP contribution in [0.4, 0.5) is 28.4 Å². The first-order valence-corrected chi connectivity index (χ1v) is 15.6. The number of benzene rings is 4. The fourth-order valence-corrected chi connectivity index (χ4v) is 5.22. The van der Waals surface area contributed by atoms with Gasteiger partial charge in [0.05, 0.1) is 22.0 Å². The number of hydrogen-bond donors (Lipinski definition) is 5. The molecule has 0 radical (unpaired) electrons. The molecule has 1 aliphatic carbocycles. The van der Waals surface area contributed by atoms with E-state index in [9.17, 15) is 31.0 Å². The highest BCUT2D eigenvalue weighted by atomic mass is 32.2. The molecule has 4 aromatic carbocycles. The maximum absolute atomic E-state index is 13.3. The second-order valence-electron chi connectivity index (χ2n) is 9.48. The van der Waals surface area contributed by atoms with Gasteiger partial charge in [-0.15, -0.1) is 0 Å². The molecule has 0 aliphatic heterocycles. The molecule has 0 aromatic heterocycles. The molecular weight excluding hydrogens is 624 g/mol. The van der Waals surface area contributed by atoms with E-state index in [1.165, 1.54) is 78.9 Å². The predicted octanol–water partition coefficient (Wildman–Crippen LogP) is 5.08. The maximum Gasteiger partial charge on any atom is 0.296 e. The number of rotatable bonds is 8. The number of nitrogens with two attached hydrogens (primary N) is 1. The van der Waals surface area contributed by atoms with Crippen molar-refractivity contribution >= 4 is 72.2 Å². The van der Waals surface area contributed by atoms with E-state index in [-0.39, 0.29) is 21.7 Å². The smallest absolute Gasteiger partial charge is 0.296 e. The number of azo groups is 1. The molecule has 45 heavy (non-hydrogen) atoms. The zero-order chi connectivity index (χ0) is 32.4. The molecule has 5 rings (SSSR count). The average molecular weight is 647 g/mol. The Kier molecular flexibility index (Phi) is 8.38. The van der Waals surface area contributed by atoms with Crippen LogP contribution in [0.25, 0.3) is 6.08 Å². The Morgan fingerprint density at radius 3 is 1.89 bits per heavy atom. The van der Waals surface area contributed by atoms with Crippen LogP contribution in [0.15, 0.2) is 116 Å². The number of ketones is 1. The minimum Gasteiger partial charge on any atom is -0.399 e. The Morgan fingerprint density at radius 2 is 1.31 bits per heavy atom. The Bertz CT molecular complexity index is 2130. The molecule has 0 atom stereocenters. The number of nitrogens with one attached hydrogen (secondary N) is 2. The second kappa shape index (κ2) is 12.2. The summed E-state index contributed by atoms with van der Waals surface area (Å²) in [5.41, 5.74) is 10.1. The fraction of sp³-hybridized carbons (Fsp3) is 0. The first-order chi connectivity index (χ1) is 21.3. The van der Waals surface area contributed by atoms with Crippen LogP contribution in [0, 0.1) is 0 Å². The Balaban J connectivity index is 1.33. The van der Waals surface area contributed by atoms with Gasteiger partial charge in [-0.2, -0.15) is 32.2 Å². The molecule has 1 amide bonds. The van der Waals surface area contributed by atoms with Crippen molar-refractivity contribution in [3.05, 3.63) is 113 Å². The first kappa shape index (κ1) is 30.9. The van der Waals surface area contributed by atoms with E-state index in [0.717, 1.165) is 6.08 Å². The van der Waals surface area contributed by atoms with Crippen molar-refractivity contribution in [2.75, 3.05) is 16.5 Å². The topological polar surface area (TPSA) is 230 Å². The number of nitrogens with zero attached hydrogens (tertiary/aromatic N) is 3. The summed E-state index contributed by atoms with van der Waals surface area (Å²) in [6.45, 7) is 0. The van der Waals surface area contributed by atoms with Crippen molar-refractivity contribution in [2.24, 2.45) is 15.3 Å². The lowest BCUT2D eigenvalue weighted by molar-refractivity contribution is 0.102. The number of fused-ring (bicyclic) bond motifs is 1. The molecule has 228 valence electrons. The van der Waals surface area contributed by atoms with Gasteiger partial charge in [0.15, 0.2) is 5.71 Å². The largest absolute Gasteiger partial charge is 0.399 e. The van der Waals surface area contributed by atoms with Crippen LogP contribution in [-0.4, -0.2) is 43.3 Å². The number of Topliss-reactive ketones (excluding diaryl/α,β-unsaturated/α-hetero) is 1. The fourth-order valence-electron chi connectivity index (χ4n) is 4.08. The molecule has 1 aliphatic rings. The number of hydrazone groups is 1. The standard InChI is InChI=1S/C29H22N6O8S2/c30-19-3-1-17(2-4-19)29(37)31-23-11-14-25-18(15-23)16-26(45(41,42)43)27(28(25)36)35-34-21-7-5-20(6-8-21)32-33-22-9-12-24(13-10-22)44(38,39)40/h1-16,34H,30H2,(H,31,37)(H,38,39,40)(H,41,42,43)/b33-32?,35-27-. The summed E-state index contributed by atoms with van der Waals surface area (Å²) in [5.74, 6) is -1.24. The molecule has 14 nitrogen and oxygen atoms in total. The van der Waals surface area contributed by atoms with Gasteiger partial charge in [-0.25, -0.2) is 0 Å². The van der Waals surface area contributed by atoms with Crippen LogP contribution < -0.4 is 16.5 Å². The monoisotopic (exact) mass is 646 g/mol. The van der Waals surface area contributed by atoms with Crippen LogP contribution in [-0.2, 0) is 20.2 Å². The summed E-state index contributed by atoms with van der Waals surface area (Å²) in [4.78, 5) is 24.8. The van der Waals surface area contributed by atoms with Crippen molar-refractivity contribution in [2.45, 2.75) is 4.90 Å². The molecule has 0 bridgehead atoms. The van der Waals surface area contributed by atoms with Crippen molar-refractivity contribution in [3.8, 4) is 0 Å². The third-order valence-electron chi connectivity index (χ3n) is 6.32. The number of amides is 1. The molecule has 6 N–H and O–H groups in total. The van der Waals surface area contributed by atoms with Crippen molar-refractivity contribution in [1.29, 1.82) is 0 Å². The molecule has 16 heteroatoms. The van der Waals surface area contributed by atoms with Crippen molar-refractivity contribution < 1.29 is 35.5 Å². The van der Waals surface area contributed by atoms with Gasteiger partial charge in [0.2, 0.25) is 5.78 Å². The number of carbonyl (C=O) groups is 2. The first-order valence-electron chi connectivity index (χ1n) is 12.8. The van der Waals surface area contributed by atoms with E-state index < -0.39 is 42.5 Å². The lowest BCUT2D eigenvalue weighted by atomic mass is 9.94. The van der Waals surface area contributed by atoms with Gasteiger partial charge in [-0.3, -0.25) is 24.1 Å². The van der Waals surface area contributed by atoms with Crippen LogP contribution in [0.2, 0.25) is 0 Å². The summed E-state index contributed by atoms with van der Waals surface area (Å²) in [5, 5.41) is 14.6. The highest BCUT2D eigenvalue weighted by molar-refractivity contribution is 7.91. The summed E-state index contributed by atoms with van der Waals surface area (Å²) in [6.07, 6.45) is 1.08. The lowest BCUT2D eigenvalue weighted by Gasteiger charge is -2.17. The normalized spacial score (nSPS) is 14.2. The lowest BCUT2D eigenvalue weighted by Crippen LogP contribution is -2.27. The van der Waals surface area contributed by atoms with Gasteiger partial charge >= 0.3 is 0 Å². The highest BCUT2D eigenvalue weighted by Gasteiger charge is 2.33. The Morgan fingerprint density at radius 1 is 0.733 bits per heavy atom. The van der Waals surface area contributed by atoms with Gasteiger partial charge < -0.3 is 11.1 Å². The summed E-state index contributed by atoms with van der Waals surface area (Å²) in [6, 6.07) is 21.7. The van der Waals surface area contributed by atoms with E-state index in [4.69, 9.17) is 10.3 Å². The maximum atomic E-state index is 13.3. The number of allylic oxidation sites excluding steroid dienone is 1. The molecule has 0 unspecified atom stereocenters. The van der Waals surface area contributed by atoms with Gasteiger partial charge in [0, 0.05) is 22.5 Å². The van der Waals surface area contributed by atoms with E-state index in [1.807, 2.05) is 0 Å². The minimum atomic E-state index is -4.89. The van der Waals surface area contributed by atoms with E-state index in [2.05, 4.69) is 26.1 Å². The second-order valence-corrected chi connectivity index (χ2v) is 12.3. The van der Waals surface area contributed by atoms with Gasteiger partial charge in [-0.05, 0) is 103 Å². The molecular formula is C29H22N6O8S2. The quantitative estimate of drug-likeness (QED) is 0.0737. The predicted molar refractivity (Wildman–Crippen MR) is 167 cm³/mol. The molecule has 0 spiro atoms. The Hall–Kier alpha value is -5.55. The third kappa shape index (κ3) is 7.34. The van der Waals surface area contributed by atoms with Crippen LogP contribution in [0.1, 0.15) is 26.3 Å². The number of anilines is 3. The van der Waals surface area contributed by atoms with E-state index in [0.29, 0.717) is 28.3 Å².